The van der Waals surface area contributed by atoms with Gasteiger partial charge in [-0.1, -0.05) is 24.6 Å². The van der Waals surface area contributed by atoms with Gasteiger partial charge in [-0.15, -0.1) is 0 Å². The number of carbonyl (C=O) groups excluding carboxylic acids is 1. The summed E-state index contributed by atoms with van der Waals surface area (Å²) in [6, 6.07) is 13.1. The Bertz CT molecular complexity index is 1340. The van der Waals surface area contributed by atoms with Gasteiger partial charge in [0.05, 0.1) is 16.8 Å². The quantitative estimate of drug-likeness (QED) is 0.438. The number of primary amides is 1. The molecule has 186 valence electrons. The van der Waals surface area contributed by atoms with Crippen LogP contribution in [0, 0.1) is 0 Å². The smallest absolute Gasteiger partial charge is 0.250 e. The van der Waals surface area contributed by atoms with E-state index in [1.807, 2.05) is 12.3 Å². The highest BCUT2D eigenvalue weighted by molar-refractivity contribution is 7.89. The van der Waals surface area contributed by atoms with Crippen LogP contribution >= 0.6 is 0 Å². The number of amides is 1. The lowest BCUT2D eigenvalue weighted by Gasteiger charge is -2.31. The Morgan fingerprint density at radius 3 is 2.54 bits per heavy atom. The summed E-state index contributed by atoms with van der Waals surface area (Å²) in [4.78, 5) is 15.7. The number of benzene rings is 2. The Hall–Kier alpha value is -2.68. The molecule has 0 unspecified atom stereocenters. The molecule has 1 aliphatic heterocycles. The molecule has 35 heavy (non-hydrogen) atoms. The fraction of sp³-hybridized carbons (Fsp3) is 0.444. The first kappa shape index (κ1) is 24.0. The van der Waals surface area contributed by atoms with E-state index < -0.39 is 15.9 Å². The summed E-state index contributed by atoms with van der Waals surface area (Å²) in [5.41, 5.74) is 11.4. The molecular weight excluding hydrogens is 460 g/mol. The second kappa shape index (κ2) is 9.76. The van der Waals surface area contributed by atoms with E-state index in [0.29, 0.717) is 24.7 Å². The van der Waals surface area contributed by atoms with Crippen LogP contribution in [0.5, 0.6) is 0 Å². The van der Waals surface area contributed by atoms with Gasteiger partial charge in [0.25, 0.3) is 5.91 Å². The van der Waals surface area contributed by atoms with Gasteiger partial charge in [0.2, 0.25) is 10.0 Å². The van der Waals surface area contributed by atoms with Crippen molar-refractivity contribution < 1.29 is 13.2 Å². The van der Waals surface area contributed by atoms with E-state index in [4.69, 9.17) is 5.73 Å². The van der Waals surface area contributed by atoms with Crippen molar-refractivity contribution in [1.29, 1.82) is 0 Å². The predicted molar refractivity (Wildman–Crippen MR) is 140 cm³/mol. The SMILES string of the molecule is CCS(=O)(=O)N1CCC(c2c[nH]c3c(C(N)=O)cc(-c4cccc(CNC5CCC5)c4)cc23)CC1. The fourth-order valence-corrected chi connectivity index (χ4v) is 6.45. The van der Waals surface area contributed by atoms with Crippen LogP contribution in [0.1, 0.15) is 66.4 Å². The molecule has 1 amide bonds. The molecule has 0 atom stereocenters. The second-order valence-corrected chi connectivity index (χ2v) is 12.1. The zero-order valence-electron chi connectivity index (χ0n) is 20.2. The maximum absolute atomic E-state index is 12.4. The van der Waals surface area contributed by atoms with Gasteiger partial charge in [-0.05, 0) is 79.0 Å². The Kier molecular flexibility index (Phi) is 6.70. The minimum Gasteiger partial charge on any atom is -0.366 e. The molecule has 4 N–H and O–H groups in total. The number of carbonyl (C=O) groups is 1. The van der Waals surface area contributed by atoms with Crippen LogP contribution in [-0.4, -0.2) is 48.5 Å². The molecule has 2 fully saturated rings. The Morgan fingerprint density at radius 1 is 1.11 bits per heavy atom. The van der Waals surface area contributed by atoms with E-state index in [2.05, 4.69) is 40.6 Å². The van der Waals surface area contributed by atoms with Crippen LogP contribution in [0.25, 0.3) is 22.0 Å². The molecule has 3 aromatic rings. The third kappa shape index (κ3) is 4.87. The molecule has 0 spiro atoms. The van der Waals surface area contributed by atoms with Crippen molar-refractivity contribution in [2.75, 3.05) is 18.8 Å². The normalized spacial score (nSPS) is 18.1. The summed E-state index contributed by atoms with van der Waals surface area (Å²) < 4.78 is 26.2. The molecule has 7 nitrogen and oxygen atoms in total. The third-order valence-electron chi connectivity index (χ3n) is 7.70. The van der Waals surface area contributed by atoms with E-state index in [9.17, 15) is 13.2 Å². The second-order valence-electron chi connectivity index (χ2n) is 9.84. The average molecular weight is 495 g/mol. The fourth-order valence-electron chi connectivity index (χ4n) is 5.31. The third-order valence-corrected chi connectivity index (χ3v) is 9.58. The number of sulfonamides is 1. The maximum atomic E-state index is 12.4. The van der Waals surface area contributed by atoms with E-state index in [1.54, 1.807) is 11.2 Å². The Balaban J connectivity index is 1.46. The molecule has 0 radical (unpaired) electrons. The summed E-state index contributed by atoms with van der Waals surface area (Å²) in [6.45, 7) is 3.56. The van der Waals surface area contributed by atoms with Crippen LogP contribution < -0.4 is 11.1 Å². The molecule has 2 aliphatic rings. The van der Waals surface area contributed by atoms with Crippen LogP contribution in [0.15, 0.2) is 42.6 Å². The molecule has 1 saturated carbocycles. The number of H-pyrrole nitrogens is 1. The molecule has 1 aromatic heterocycles. The summed E-state index contributed by atoms with van der Waals surface area (Å²) in [7, 11) is -3.17. The summed E-state index contributed by atoms with van der Waals surface area (Å²) in [5.74, 6) is -0.108. The van der Waals surface area contributed by atoms with E-state index in [-0.39, 0.29) is 11.7 Å². The molecule has 0 bridgehead atoms. The molecule has 2 aromatic carbocycles. The van der Waals surface area contributed by atoms with Crippen molar-refractivity contribution in [1.82, 2.24) is 14.6 Å². The summed E-state index contributed by atoms with van der Waals surface area (Å²) in [5, 5.41) is 4.61. The number of aromatic nitrogens is 1. The minimum absolute atomic E-state index is 0.130. The van der Waals surface area contributed by atoms with Crippen molar-refractivity contribution in [3.05, 3.63) is 59.3 Å². The first-order chi connectivity index (χ1) is 16.9. The zero-order chi connectivity index (χ0) is 24.6. The van der Waals surface area contributed by atoms with Crippen molar-refractivity contribution >= 4 is 26.8 Å². The van der Waals surface area contributed by atoms with Crippen molar-refractivity contribution in [2.45, 2.75) is 57.5 Å². The molecule has 1 aliphatic carbocycles. The van der Waals surface area contributed by atoms with Gasteiger partial charge in [-0.3, -0.25) is 4.79 Å². The Morgan fingerprint density at radius 2 is 1.89 bits per heavy atom. The van der Waals surface area contributed by atoms with Gasteiger partial charge in [-0.25, -0.2) is 12.7 Å². The number of nitrogens with zero attached hydrogens (tertiary/aromatic N) is 1. The molecule has 8 heteroatoms. The van der Waals surface area contributed by atoms with Gasteiger partial charge < -0.3 is 16.0 Å². The van der Waals surface area contributed by atoms with E-state index in [0.717, 1.165) is 47.0 Å². The molecular formula is C27H34N4O3S. The van der Waals surface area contributed by atoms with Gasteiger partial charge in [0.1, 0.15) is 0 Å². The number of hydrogen-bond acceptors (Lipinski definition) is 4. The van der Waals surface area contributed by atoms with E-state index >= 15 is 0 Å². The number of aromatic amines is 1. The highest BCUT2D eigenvalue weighted by atomic mass is 32.2. The maximum Gasteiger partial charge on any atom is 0.250 e. The van der Waals surface area contributed by atoms with Crippen molar-refractivity contribution in [2.24, 2.45) is 5.73 Å². The predicted octanol–water partition coefficient (Wildman–Crippen LogP) is 4.11. The van der Waals surface area contributed by atoms with Gasteiger partial charge in [0.15, 0.2) is 0 Å². The molecule has 1 saturated heterocycles. The summed E-state index contributed by atoms with van der Waals surface area (Å²) in [6.07, 6.45) is 7.28. The number of rotatable bonds is 8. The first-order valence-electron chi connectivity index (χ1n) is 12.6. The highest BCUT2D eigenvalue weighted by Crippen LogP contribution is 2.37. The van der Waals surface area contributed by atoms with Crippen molar-refractivity contribution in [3.63, 3.8) is 0 Å². The molecule has 5 rings (SSSR count). The van der Waals surface area contributed by atoms with Gasteiger partial charge in [0, 0.05) is 37.3 Å². The first-order valence-corrected chi connectivity index (χ1v) is 14.2. The molecule has 2 heterocycles. The topological polar surface area (TPSA) is 108 Å². The van der Waals surface area contributed by atoms with Crippen LogP contribution in [0.4, 0.5) is 0 Å². The monoisotopic (exact) mass is 494 g/mol. The lowest BCUT2D eigenvalue weighted by molar-refractivity contribution is 0.100. The standard InChI is InChI=1S/C27H34N4O3S/c1-2-35(33,34)31-11-9-19(10-12-31)25-17-30-26-23(25)14-21(15-24(26)27(28)32)20-6-3-5-18(13-20)16-29-22-7-4-8-22/h3,5-6,13-15,17,19,22,29-30H,2,4,7-12,16H2,1H3,(H2,28,32). The van der Waals surface area contributed by atoms with Gasteiger partial charge in [-0.2, -0.15) is 0 Å². The Labute approximate surface area is 207 Å². The number of fused-ring (bicyclic) bond motifs is 1. The van der Waals surface area contributed by atoms with Gasteiger partial charge >= 0.3 is 0 Å². The average Bonchev–Trinajstić information content (AvgIpc) is 3.26. The van der Waals surface area contributed by atoms with Crippen LogP contribution in [0.3, 0.4) is 0 Å². The zero-order valence-corrected chi connectivity index (χ0v) is 21.0. The number of hydrogen-bond donors (Lipinski definition) is 3. The number of nitrogens with one attached hydrogen (secondary N) is 2. The van der Waals surface area contributed by atoms with E-state index in [1.165, 1.54) is 24.8 Å². The van der Waals surface area contributed by atoms with Crippen molar-refractivity contribution in [3.8, 4) is 11.1 Å². The number of piperidine rings is 1. The van der Waals surface area contributed by atoms with Crippen LogP contribution in [-0.2, 0) is 16.6 Å². The summed E-state index contributed by atoms with van der Waals surface area (Å²) >= 11 is 0. The number of nitrogens with two attached hydrogens (primary N) is 1. The minimum atomic E-state index is -3.17. The lowest BCUT2D eigenvalue weighted by atomic mass is 9.88. The largest absolute Gasteiger partial charge is 0.366 e. The lowest BCUT2D eigenvalue weighted by Crippen LogP contribution is -2.38. The van der Waals surface area contributed by atoms with Crippen LogP contribution in [0.2, 0.25) is 0 Å². The highest BCUT2D eigenvalue weighted by Gasteiger charge is 2.29.